The molecule has 0 spiro atoms. The van der Waals surface area contributed by atoms with Gasteiger partial charge >= 0.3 is 13.8 Å². The van der Waals surface area contributed by atoms with E-state index in [0.717, 1.165) is 6.08 Å². The van der Waals surface area contributed by atoms with Gasteiger partial charge < -0.3 is 9.26 Å². The fraction of sp³-hybridized carbons (Fsp3) is 0.700. The van der Waals surface area contributed by atoms with E-state index >= 15 is 0 Å². The molecule has 0 aromatic heterocycles. The molecular weight excluding hydrogens is 247 g/mol. The summed E-state index contributed by atoms with van der Waals surface area (Å²) in [7, 11) is -3.80. The summed E-state index contributed by atoms with van der Waals surface area (Å²) in [4.78, 5) is 11.3. The van der Waals surface area contributed by atoms with E-state index in [9.17, 15) is 9.36 Å². The Bertz CT molecular complexity index is 289. The molecule has 6 nitrogen and oxygen atoms in total. The van der Waals surface area contributed by atoms with Crippen LogP contribution in [0.15, 0.2) is 12.3 Å². The van der Waals surface area contributed by atoms with Gasteiger partial charge in [0.1, 0.15) is 0 Å². The van der Waals surface area contributed by atoms with Crippen LogP contribution in [0, 0.1) is 0 Å². The molecule has 7 heteroatoms. The molecule has 0 unspecified atom stereocenters. The van der Waals surface area contributed by atoms with Crippen molar-refractivity contribution < 1.29 is 27.7 Å². The summed E-state index contributed by atoms with van der Waals surface area (Å²) >= 11 is 0. The lowest BCUT2D eigenvalue weighted by Gasteiger charge is -2.14. The van der Waals surface area contributed by atoms with Crippen molar-refractivity contribution in [2.45, 2.75) is 33.8 Å². The zero-order valence-corrected chi connectivity index (χ0v) is 11.4. The lowest BCUT2D eigenvalue weighted by molar-refractivity contribution is -0.131. The lowest BCUT2D eigenvalue weighted by Crippen LogP contribution is -2.05. The summed E-state index contributed by atoms with van der Waals surface area (Å²) in [6.07, 6.45) is 2.14. The molecule has 0 saturated carbocycles. The number of hydrogen-bond donors (Lipinski definition) is 0. The van der Waals surface area contributed by atoms with Crippen LogP contribution in [0.3, 0.4) is 0 Å². The molecule has 0 aliphatic heterocycles. The van der Waals surface area contributed by atoms with Crippen molar-refractivity contribution in [1.29, 1.82) is 0 Å². The van der Waals surface area contributed by atoms with Gasteiger partial charge in [0.05, 0.1) is 31.7 Å². The van der Waals surface area contributed by atoms with Crippen molar-refractivity contribution in [2.75, 3.05) is 13.2 Å². The average molecular weight is 266 g/mol. The molecule has 0 atom stereocenters. The normalized spacial score (nSPS) is 12.1. The van der Waals surface area contributed by atoms with Gasteiger partial charge in [-0.05, 0) is 27.7 Å². The van der Waals surface area contributed by atoms with Crippen LogP contribution >= 0.6 is 7.82 Å². The number of hydrogen-bond acceptors (Lipinski definition) is 6. The first-order valence-electron chi connectivity index (χ1n) is 5.38. The molecule has 0 heterocycles. The largest absolute Gasteiger partial charge is 0.532 e. The zero-order chi connectivity index (χ0) is 13.3. The number of phosphoric ester groups is 1. The van der Waals surface area contributed by atoms with Crippen molar-refractivity contribution in [3.8, 4) is 0 Å². The van der Waals surface area contributed by atoms with Gasteiger partial charge in [-0.25, -0.2) is 9.36 Å². The molecule has 0 rings (SSSR count). The fourth-order valence-electron chi connectivity index (χ4n) is 0.799. The maximum absolute atomic E-state index is 11.8. The number of carbonyl (C=O) groups is 1. The predicted octanol–water partition coefficient (Wildman–Crippen LogP) is 2.65. The topological polar surface area (TPSA) is 71.1 Å². The highest BCUT2D eigenvalue weighted by Crippen LogP contribution is 2.49. The van der Waals surface area contributed by atoms with Gasteiger partial charge in [0, 0.05) is 0 Å². The number of carbonyl (C=O) groups excluding carboxylic acids is 1. The third-order valence-corrected chi connectivity index (χ3v) is 2.88. The number of rotatable bonds is 8. The Morgan fingerprint density at radius 3 is 2.18 bits per heavy atom. The standard InChI is InChI=1S/C10H19O6P/c1-5-14-17(12,15-6-2)16-10(11)7-8-13-9(3)4/h7-9H,5-6H2,1-4H3. The number of ether oxygens (including phenoxy) is 1. The molecule has 0 aromatic carbocycles. The Kier molecular flexibility index (Phi) is 7.87. The van der Waals surface area contributed by atoms with E-state index in [1.165, 1.54) is 6.26 Å². The first kappa shape index (κ1) is 16.2. The van der Waals surface area contributed by atoms with Gasteiger partial charge in [-0.3, -0.25) is 9.05 Å². The summed E-state index contributed by atoms with van der Waals surface area (Å²) in [6.45, 7) is 7.10. The maximum atomic E-state index is 11.8. The quantitative estimate of drug-likeness (QED) is 0.382. The molecule has 0 fully saturated rings. The van der Waals surface area contributed by atoms with Crippen molar-refractivity contribution in [3.05, 3.63) is 12.3 Å². The summed E-state index contributed by atoms with van der Waals surface area (Å²) < 4.78 is 30.9. The maximum Gasteiger partial charge on any atom is 0.532 e. The van der Waals surface area contributed by atoms with Crippen molar-refractivity contribution in [1.82, 2.24) is 0 Å². The van der Waals surface area contributed by atoms with Crippen LogP contribution in [0.4, 0.5) is 0 Å². The highest BCUT2D eigenvalue weighted by atomic mass is 31.2. The van der Waals surface area contributed by atoms with Crippen molar-refractivity contribution in [3.63, 3.8) is 0 Å². The minimum atomic E-state index is -3.80. The SMILES string of the molecule is CCOP(=O)(OCC)OC(=O)C=COC(C)C. The van der Waals surface area contributed by atoms with Crippen molar-refractivity contribution >= 4 is 13.8 Å². The molecule has 0 amide bonds. The van der Waals surface area contributed by atoms with Gasteiger partial charge in [-0.1, -0.05) is 0 Å². The molecule has 0 saturated heterocycles. The molecule has 100 valence electrons. The summed E-state index contributed by atoms with van der Waals surface area (Å²) in [6, 6.07) is 0. The number of phosphoric acid groups is 1. The zero-order valence-electron chi connectivity index (χ0n) is 10.5. The molecule has 0 aliphatic rings. The van der Waals surface area contributed by atoms with E-state index in [2.05, 4.69) is 4.52 Å². The molecule has 0 radical (unpaired) electrons. The molecule has 0 N–H and O–H groups in total. The smallest absolute Gasteiger partial charge is 0.498 e. The highest BCUT2D eigenvalue weighted by molar-refractivity contribution is 7.49. The van der Waals surface area contributed by atoms with Crippen LogP contribution < -0.4 is 0 Å². The van der Waals surface area contributed by atoms with E-state index in [-0.39, 0.29) is 19.3 Å². The first-order chi connectivity index (χ1) is 7.93. The van der Waals surface area contributed by atoms with E-state index < -0.39 is 13.8 Å². The van der Waals surface area contributed by atoms with Gasteiger partial charge in [0.25, 0.3) is 0 Å². The molecule has 0 aromatic rings. The first-order valence-corrected chi connectivity index (χ1v) is 6.84. The van der Waals surface area contributed by atoms with E-state index in [1.54, 1.807) is 27.7 Å². The average Bonchev–Trinajstić information content (AvgIpc) is 2.16. The van der Waals surface area contributed by atoms with Crippen molar-refractivity contribution in [2.24, 2.45) is 0 Å². The van der Waals surface area contributed by atoms with E-state index in [1.807, 2.05) is 0 Å². The van der Waals surface area contributed by atoms with Crippen LogP contribution in [0.25, 0.3) is 0 Å². The second kappa shape index (κ2) is 8.28. The Labute approximate surface area is 101 Å². The summed E-state index contributed by atoms with van der Waals surface area (Å²) in [5.74, 6) is -0.837. The van der Waals surface area contributed by atoms with Gasteiger partial charge in [-0.2, -0.15) is 0 Å². The highest BCUT2D eigenvalue weighted by Gasteiger charge is 2.29. The summed E-state index contributed by atoms with van der Waals surface area (Å²) in [5, 5.41) is 0. The second-order valence-electron chi connectivity index (χ2n) is 3.18. The minimum Gasteiger partial charge on any atom is -0.498 e. The van der Waals surface area contributed by atoms with Crippen LogP contribution in [-0.2, 0) is 27.7 Å². The summed E-state index contributed by atoms with van der Waals surface area (Å²) in [5.41, 5.74) is 0. The Balaban J connectivity index is 4.31. The molecule has 0 bridgehead atoms. The van der Waals surface area contributed by atoms with E-state index in [0.29, 0.717) is 0 Å². The molecular formula is C10H19O6P. The minimum absolute atomic E-state index is 0.0513. The lowest BCUT2D eigenvalue weighted by atomic mass is 10.5. The van der Waals surface area contributed by atoms with Crippen LogP contribution in [-0.4, -0.2) is 25.3 Å². The monoisotopic (exact) mass is 266 g/mol. The van der Waals surface area contributed by atoms with Gasteiger partial charge in [0.2, 0.25) is 0 Å². The Morgan fingerprint density at radius 2 is 1.76 bits per heavy atom. The van der Waals surface area contributed by atoms with Crippen LogP contribution in [0.2, 0.25) is 0 Å². The Hall–Kier alpha value is -0.840. The van der Waals surface area contributed by atoms with Gasteiger partial charge in [-0.15, -0.1) is 0 Å². The molecule has 0 aliphatic carbocycles. The fourth-order valence-corrected chi connectivity index (χ4v) is 1.89. The third-order valence-electron chi connectivity index (χ3n) is 1.33. The van der Waals surface area contributed by atoms with Crippen LogP contribution in [0.1, 0.15) is 27.7 Å². The van der Waals surface area contributed by atoms with Crippen LogP contribution in [0.5, 0.6) is 0 Å². The Morgan fingerprint density at radius 1 is 1.24 bits per heavy atom. The predicted molar refractivity (Wildman–Crippen MR) is 62.3 cm³/mol. The van der Waals surface area contributed by atoms with E-state index in [4.69, 9.17) is 13.8 Å². The second-order valence-corrected chi connectivity index (χ2v) is 4.77. The van der Waals surface area contributed by atoms with Gasteiger partial charge in [0.15, 0.2) is 0 Å². The molecule has 17 heavy (non-hydrogen) atoms. The third kappa shape index (κ3) is 7.96.